The van der Waals surface area contributed by atoms with Crippen molar-refractivity contribution in [3.8, 4) is 0 Å². The van der Waals surface area contributed by atoms with Gasteiger partial charge in [0.1, 0.15) is 0 Å². The zero-order valence-corrected chi connectivity index (χ0v) is 9.55. The van der Waals surface area contributed by atoms with E-state index < -0.39 is 0 Å². The lowest BCUT2D eigenvalue weighted by atomic mass is 9.92. The number of hydrogen-bond donors (Lipinski definition) is 1. The van der Waals surface area contributed by atoms with Crippen molar-refractivity contribution in [1.29, 1.82) is 0 Å². The minimum atomic E-state index is 0.260. The van der Waals surface area contributed by atoms with Crippen LogP contribution in [0.2, 0.25) is 0 Å². The Bertz CT molecular complexity index is 232. The second-order valence-electron chi connectivity index (χ2n) is 4.73. The number of hydrogen-bond acceptors (Lipinski definition) is 3. The van der Waals surface area contributed by atoms with E-state index in [1.807, 2.05) is 0 Å². The lowest BCUT2D eigenvalue weighted by Gasteiger charge is -2.35. The molecule has 0 amide bonds. The highest BCUT2D eigenvalue weighted by atomic mass is 16.5. The molecular formula is C12H21NO2. The van der Waals surface area contributed by atoms with Crippen LogP contribution in [0.25, 0.3) is 0 Å². The zero-order chi connectivity index (χ0) is 10.6. The lowest BCUT2D eigenvalue weighted by Crippen LogP contribution is -2.47. The fraction of sp³-hybridized carbons (Fsp3) is 0.833. The third kappa shape index (κ3) is 3.30. The van der Waals surface area contributed by atoms with Gasteiger partial charge in [0, 0.05) is 25.3 Å². The monoisotopic (exact) mass is 211 g/mol. The number of nitrogens with one attached hydrogen (secondary N) is 1. The molecule has 0 spiro atoms. The van der Waals surface area contributed by atoms with Gasteiger partial charge in [-0.25, -0.2) is 0 Å². The Kier molecular flexibility index (Phi) is 3.78. The first-order chi connectivity index (χ1) is 7.29. The van der Waals surface area contributed by atoms with Crippen molar-refractivity contribution >= 4 is 0 Å². The van der Waals surface area contributed by atoms with Gasteiger partial charge < -0.3 is 14.8 Å². The first-order valence-electron chi connectivity index (χ1n) is 5.87. The smallest absolute Gasteiger partial charge is 0.0689 e. The van der Waals surface area contributed by atoms with E-state index in [4.69, 9.17) is 9.47 Å². The van der Waals surface area contributed by atoms with Gasteiger partial charge in [0.25, 0.3) is 0 Å². The highest BCUT2D eigenvalue weighted by Gasteiger charge is 2.26. The summed E-state index contributed by atoms with van der Waals surface area (Å²) in [5.74, 6) is 0. The summed E-state index contributed by atoms with van der Waals surface area (Å²) in [6, 6.07) is 0. The van der Waals surface area contributed by atoms with Crippen molar-refractivity contribution < 1.29 is 9.47 Å². The van der Waals surface area contributed by atoms with Gasteiger partial charge in [0.05, 0.1) is 13.2 Å². The summed E-state index contributed by atoms with van der Waals surface area (Å²) in [7, 11) is 0. The maximum atomic E-state index is 5.42. The summed E-state index contributed by atoms with van der Waals surface area (Å²) in [6.07, 6.45) is 5.60. The molecule has 2 aliphatic rings. The maximum Gasteiger partial charge on any atom is 0.0689 e. The molecule has 2 heterocycles. The van der Waals surface area contributed by atoms with E-state index in [0.717, 1.165) is 52.2 Å². The quantitative estimate of drug-likeness (QED) is 0.717. The predicted molar refractivity (Wildman–Crippen MR) is 60.0 cm³/mol. The second-order valence-corrected chi connectivity index (χ2v) is 4.73. The Morgan fingerprint density at radius 3 is 2.73 bits per heavy atom. The van der Waals surface area contributed by atoms with Crippen LogP contribution in [-0.2, 0) is 9.47 Å². The fourth-order valence-corrected chi connectivity index (χ4v) is 2.06. The Hall–Kier alpha value is -0.380. The zero-order valence-electron chi connectivity index (χ0n) is 9.55. The molecule has 1 saturated heterocycles. The van der Waals surface area contributed by atoms with Gasteiger partial charge in [-0.15, -0.1) is 0 Å². The van der Waals surface area contributed by atoms with E-state index in [2.05, 4.69) is 18.3 Å². The molecule has 0 aromatic carbocycles. The summed E-state index contributed by atoms with van der Waals surface area (Å²) in [5.41, 5.74) is 1.66. The third-order valence-corrected chi connectivity index (χ3v) is 3.32. The second kappa shape index (κ2) is 5.10. The summed E-state index contributed by atoms with van der Waals surface area (Å²) >= 11 is 0. The molecule has 0 unspecified atom stereocenters. The molecule has 1 fully saturated rings. The summed E-state index contributed by atoms with van der Waals surface area (Å²) < 4.78 is 10.8. The van der Waals surface area contributed by atoms with Gasteiger partial charge in [-0.1, -0.05) is 6.08 Å². The molecular weight excluding hydrogens is 190 g/mol. The fourth-order valence-electron chi connectivity index (χ4n) is 2.06. The van der Waals surface area contributed by atoms with Crippen molar-refractivity contribution in [2.24, 2.45) is 0 Å². The molecule has 1 N–H and O–H groups in total. The molecule has 86 valence electrons. The van der Waals surface area contributed by atoms with Gasteiger partial charge in [0.15, 0.2) is 0 Å². The standard InChI is InChI=1S/C12H21NO2/c1-12(4-7-14-8-5-12)13-9-11-3-2-6-15-10-11/h3,13H,2,4-10H2,1H3. The number of ether oxygens (including phenoxy) is 2. The molecule has 2 rings (SSSR count). The van der Waals surface area contributed by atoms with Crippen molar-refractivity contribution in [3.05, 3.63) is 11.6 Å². The van der Waals surface area contributed by atoms with Gasteiger partial charge in [-0.3, -0.25) is 0 Å². The van der Waals surface area contributed by atoms with Crippen LogP contribution in [0.4, 0.5) is 0 Å². The molecule has 0 atom stereocenters. The van der Waals surface area contributed by atoms with Crippen LogP contribution in [0.15, 0.2) is 11.6 Å². The Labute approximate surface area is 91.8 Å². The molecule has 0 aliphatic carbocycles. The highest BCUT2D eigenvalue weighted by Crippen LogP contribution is 2.20. The van der Waals surface area contributed by atoms with Crippen molar-refractivity contribution in [2.45, 2.75) is 31.7 Å². The molecule has 0 aromatic rings. The van der Waals surface area contributed by atoms with Crippen molar-refractivity contribution in [3.63, 3.8) is 0 Å². The topological polar surface area (TPSA) is 30.5 Å². The van der Waals surface area contributed by atoms with Crippen LogP contribution in [0.3, 0.4) is 0 Å². The predicted octanol–water partition coefficient (Wildman–Crippen LogP) is 1.49. The highest BCUT2D eigenvalue weighted by molar-refractivity contribution is 5.08. The Balaban J connectivity index is 1.78. The SMILES string of the molecule is CC1(NCC2=CCCOC2)CCOCC1. The van der Waals surface area contributed by atoms with E-state index >= 15 is 0 Å². The van der Waals surface area contributed by atoms with Crippen LogP contribution < -0.4 is 5.32 Å². The van der Waals surface area contributed by atoms with Crippen molar-refractivity contribution in [1.82, 2.24) is 5.32 Å². The van der Waals surface area contributed by atoms with E-state index in [9.17, 15) is 0 Å². The molecule has 2 aliphatic heterocycles. The average Bonchev–Trinajstić information content (AvgIpc) is 2.29. The van der Waals surface area contributed by atoms with Crippen LogP contribution in [0, 0.1) is 0 Å². The first-order valence-corrected chi connectivity index (χ1v) is 5.87. The molecule has 15 heavy (non-hydrogen) atoms. The molecule has 3 nitrogen and oxygen atoms in total. The van der Waals surface area contributed by atoms with Crippen molar-refractivity contribution in [2.75, 3.05) is 33.0 Å². The van der Waals surface area contributed by atoms with E-state index in [1.54, 1.807) is 0 Å². The summed E-state index contributed by atoms with van der Waals surface area (Å²) in [4.78, 5) is 0. The normalized spacial score (nSPS) is 26.1. The molecule has 3 heteroatoms. The Morgan fingerprint density at radius 1 is 1.27 bits per heavy atom. The number of rotatable bonds is 3. The first kappa shape index (κ1) is 11.1. The maximum absolute atomic E-state index is 5.42. The summed E-state index contributed by atoms with van der Waals surface area (Å²) in [6.45, 7) is 6.72. The lowest BCUT2D eigenvalue weighted by molar-refractivity contribution is 0.0457. The van der Waals surface area contributed by atoms with Crippen LogP contribution in [-0.4, -0.2) is 38.5 Å². The third-order valence-electron chi connectivity index (χ3n) is 3.32. The molecule has 0 aromatic heterocycles. The van der Waals surface area contributed by atoms with Crippen LogP contribution >= 0.6 is 0 Å². The molecule has 0 saturated carbocycles. The summed E-state index contributed by atoms with van der Waals surface area (Å²) in [5, 5.41) is 3.64. The van der Waals surface area contributed by atoms with Gasteiger partial charge in [-0.2, -0.15) is 0 Å². The van der Waals surface area contributed by atoms with E-state index in [1.165, 1.54) is 5.57 Å². The van der Waals surface area contributed by atoms with E-state index in [0.29, 0.717) is 0 Å². The van der Waals surface area contributed by atoms with E-state index in [-0.39, 0.29) is 5.54 Å². The average molecular weight is 211 g/mol. The van der Waals surface area contributed by atoms with Gasteiger partial charge in [0.2, 0.25) is 0 Å². The largest absolute Gasteiger partial charge is 0.381 e. The van der Waals surface area contributed by atoms with Gasteiger partial charge >= 0.3 is 0 Å². The minimum absolute atomic E-state index is 0.260. The van der Waals surface area contributed by atoms with Crippen LogP contribution in [0.5, 0.6) is 0 Å². The van der Waals surface area contributed by atoms with Gasteiger partial charge in [-0.05, 0) is 31.8 Å². The Morgan fingerprint density at radius 2 is 2.07 bits per heavy atom. The molecule has 0 bridgehead atoms. The minimum Gasteiger partial charge on any atom is -0.381 e. The van der Waals surface area contributed by atoms with Crippen LogP contribution in [0.1, 0.15) is 26.2 Å². The molecule has 0 radical (unpaired) electrons.